The van der Waals surface area contributed by atoms with Gasteiger partial charge in [0.2, 0.25) is 5.91 Å². The van der Waals surface area contributed by atoms with Gasteiger partial charge in [-0.05, 0) is 30.5 Å². The summed E-state index contributed by atoms with van der Waals surface area (Å²) in [6.07, 6.45) is 2.06. The summed E-state index contributed by atoms with van der Waals surface area (Å²) in [5.41, 5.74) is 0. The largest absolute Gasteiger partial charge is 0.356 e. The van der Waals surface area contributed by atoms with E-state index in [1.54, 1.807) is 42.5 Å². The Hall–Kier alpha value is -0.320. The summed E-state index contributed by atoms with van der Waals surface area (Å²) in [6, 6.07) is 7.80. The monoisotopic (exact) mass is 516 g/mol. The van der Waals surface area contributed by atoms with Crippen molar-refractivity contribution >= 4 is 71.0 Å². The molecule has 0 radical (unpaired) electrons. The maximum Gasteiger partial charge on any atom is 0.243 e. The maximum absolute atomic E-state index is 11.7. The number of amides is 1. The van der Waals surface area contributed by atoms with Crippen LogP contribution in [0.15, 0.2) is 34.2 Å². The Morgan fingerprint density at radius 3 is 2.32 bits per heavy atom. The number of aliphatic imine (C=N–C) groups is 1. The summed E-state index contributed by atoms with van der Waals surface area (Å²) >= 11 is 9.39. The van der Waals surface area contributed by atoms with Gasteiger partial charge in [0, 0.05) is 48.6 Å². The van der Waals surface area contributed by atoms with Gasteiger partial charge >= 0.3 is 0 Å². The average Bonchev–Trinajstić information content (AvgIpc) is 2.57. The normalized spacial score (nSPS) is 10.8. The number of likely N-dealkylation sites (N-methyl/N-ethyl adjacent to an activating group) is 1. The molecular formula is C16H26ClIN4OS2. The molecule has 1 amide bonds. The van der Waals surface area contributed by atoms with Crippen molar-refractivity contribution < 1.29 is 4.79 Å². The lowest BCUT2D eigenvalue weighted by Crippen LogP contribution is -2.40. The molecule has 0 aliphatic carbocycles. The van der Waals surface area contributed by atoms with E-state index in [9.17, 15) is 4.79 Å². The van der Waals surface area contributed by atoms with Crippen LogP contribution >= 0.6 is 59.1 Å². The van der Waals surface area contributed by atoms with Gasteiger partial charge in [0.1, 0.15) is 6.54 Å². The molecule has 0 bridgehead atoms. The highest BCUT2D eigenvalue weighted by Crippen LogP contribution is 2.19. The quantitative estimate of drug-likeness (QED) is 0.174. The van der Waals surface area contributed by atoms with Gasteiger partial charge in [-0.25, -0.2) is 4.99 Å². The van der Waals surface area contributed by atoms with Crippen LogP contribution in [0.2, 0.25) is 5.02 Å². The second kappa shape index (κ2) is 14.8. The second-order valence-electron chi connectivity index (χ2n) is 5.10. The van der Waals surface area contributed by atoms with Crippen LogP contribution in [0.25, 0.3) is 0 Å². The Morgan fingerprint density at radius 2 is 1.76 bits per heavy atom. The molecule has 0 spiro atoms. The molecule has 1 aromatic rings. The second-order valence-corrected chi connectivity index (χ2v) is 7.69. The van der Waals surface area contributed by atoms with Crippen molar-refractivity contribution in [1.82, 2.24) is 15.5 Å². The molecule has 0 saturated heterocycles. The van der Waals surface area contributed by atoms with Gasteiger partial charge in [-0.2, -0.15) is 11.8 Å². The van der Waals surface area contributed by atoms with Crippen molar-refractivity contribution in [2.75, 3.05) is 51.5 Å². The number of nitrogens with zero attached hydrogens (tertiary/aromatic N) is 2. The van der Waals surface area contributed by atoms with Gasteiger partial charge in [0.05, 0.1) is 0 Å². The van der Waals surface area contributed by atoms with Crippen LogP contribution in [0.4, 0.5) is 0 Å². The van der Waals surface area contributed by atoms with Crippen molar-refractivity contribution in [3.8, 4) is 0 Å². The van der Waals surface area contributed by atoms with E-state index >= 15 is 0 Å². The van der Waals surface area contributed by atoms with Gasteiger partial charge < -0.3 is 15.5 Å². The fraction of sp³-hybridized carbons (Fsp3) is 0.500. The van der Waals surface area contributed by atoms with Gasteiger partial charge in [-0.3, -0.25) is 4.79 Å². The molecule has 0 unspecified atom stereocenters. The van der Waals surface area contributed by atoms with E-state index in [-0.39, 0.29) is 36.4 Å². The summed E-state index contributed by atoms with van der Waals surface area (Å²) in [5, 5.41) is 7.25. The van der Waals surface area contributed by atoms with Crippen LogP contribution in [-0.4, -0.2) is 68.3 Å². The number of rotatable bonds is 9. The van der Waals surface area contributed by atoms with Gasteiger partial charge in [0.15, 0.2) is 5.96 Å². The summed E-state index contributed by atoms with van der Waals surface area (Å²) in [4.78, 5) is 18.7. The number of benzene rings is 1. The molecule has 0 aliphatic rings. The lowest BCUT2D eigenvalue weighted by Gasteiger charge is -2.13. The molecule has 0 atom stereocenters. The lowest BCUT2D eigenvalue weighted by atomic mass is 10.4. The molecule has 0 aliphatic heterocycles. The van der Waals surface area contributed by atoms with Crippen LogP contribution in [0.3, 0.4) is 0 Å². The first-order chi connectivity index (χ1) is 11.5. The Kier molecular flexibility index (Phi) is 14.6. The predicted octanol–water partition coefficient (Wildman–Crippen LogP) is 3.04. The molecule has 1 rings (SSSR count). The van der Waals surface area contributed by atoms with Crippen molar-refractivity contribution in [2.45, 2.75) is 4.90 Å². The SMILES string of the molecule is CSCCNC(=NCC(=O)N(C)C)NCCSc1ccc(Cl)cc1.I. The standard InChI is InChI=1S/C16H25ClN4OS2.HI/c1-21(2)15(22)12-20-16(18-8-10-23-3)19-9-11-24-14-6-4-13(17)5-7-14;/h4-7H,8-12H2,1-3H3,(H2,18,19,20);1H. The van der Waals surface area contributed by atoms with Crippen molar-refractivity contribution in [3.63, 3.8) is 0 Å². The predicted molar refractivity (Wildman–Crippen MR) is 123 cm³/mol. The molecule has 142 valence electrons. The summed E-state index contributed by atoms with van der Waals surface area (Å²) in [6.45, 7) is 1.72. The molecule has 2 N–H and O–H groups in total. The third-order valence-corrected chi connectivity index (χ3v) is 4.82. The van der Waals surface area contributed by atoms with Crippen LogP contribution in [-0.2, 0) is 4.79 Å². The Labute approximate surface area is 181 Å². The summed E-state index contributed by atoms with van der Waals surface area (Å²) in [5.74, 6) is 2.54. The van der Waals surface area contributed by atoms with Crippen molar-refractivity contribution in [2.24, 2.45) is 4.99 Å². The first-order valence-electron chi connectivity index (χ1n) is 7.62. The number of carbonyl (C=O) groups excluding carboxylic acids is 1. The molecule has 0 saturated carbocycles. The highest BCUT2D eigenvalue weighted by atomic mass is 127. The lowest BCUT2D eigenvalue weighted by molar-refractivity contribution is -0.127. The number of thioether (sulfide) groups is 2. The van der Waals surface area contributed by atoms with E-state index in [4.69, 9.17) is 11.6 Å². The third kappa shape index (κ3) is 11.8. The Bertz CT molecular complexity index is 529. The smallest absolute Gasteiger partial charge is 0.243 e. The molecule has 0 aromatic heterocycles. The first-order valence-corrected chi connectivity index (χ1v) is 10.4. The van der Waals surface area contributed by atoms with Crippen molar-refractivity contribution in [1.29, 1.82) is 0 Å². The number of guanidine groups is 1. The minimum absolute atomic E-state index is 0. The number of hydrogen-bond acceptors (Lipinski definition) is 4. The zero-order valence-electron chi connectivity index (χ0n) is 14.8. The highest BCUT2D eigenvalue weighted by molar-refractivity contribution is 14.0. The Balaban J connectivity index is 0.00000576. The number of carbonyl (C=O) groups is 1. The minimum atomic E-state index is -0.0171. The summed E-state index contributed by atoms with van der Waals surface area (Å²) in [7, 11) is 3.46. The molecule has 0 fully saturated rings. The number of halogens is 2. The Morgan fingerprint density at radius 1 is 1.16 bits per heavy atom. The highest BCUT2D eigenvalue weighted by Gasteiger charge is 2.04. The molecule has 25 heavy (non-hydrogen) atoms. The average molecular weight is 517 g/mol. The zero-order chi connectivity index (χ0) is 17.8. The first kappa shape index (κ1) is 24.7. The van der Waals surface area contributed by atoms with E-state index < -0.39 is 0 Å². The maximum atomic E-state index is 11.7. The molecular weight excluding hydrogens is 491 g/mol. The van der Waals surface area contributed by atoms with Crippen LogP contribution < -0.4 is 10.6 Å². The fourth-order valence-electron chi connectivity index (χ4n) is 1.60. The van der Waals surface area contributed by atoms with Crippen LogP contribution in [0.5, 0.6) is 0 Å². The molecule has 9 heteroatoms. The number of hydrogen-bond donors (Lipinski definition) is 2. The van der Waals surface area contributed by atoms with Crippen molar-refractivity contribution in [3.05, 3.63) is 29.3 Å². The third-order valence-electron chi connectivity index (χ3n) is 2.95. The van der Waals surface area contributed by atoms with E-state index in [0.717, 1.165) is 29.6 Å². The van der Waals surface area contributed by atoms with Crippen LogP contribution in [0, 0.1) is 0 Å². The van der Waals surface area contributed by atoms with Gasteiger partial charge in [-0.1, -0.05) is 11.6 Å². The zero-order valence-corrected chi connectivity index (χ0v) is 19.5. The fourth-order valence-corrected chi connectivity index (χ4v) is 2.80. The van der Waals surface area contributed by atoms with E-state index in [0.29, 0.717) is 5.96 Å². The van der Waals surface area contributed by atoms with Gasteiger partial charge in [0.25, 0.3) is 0 Å². The molecule has 0 heterocycles. The van der Waals surface area contributed by atoms with Gasteiger partial charge in [-0.15, -0.1) is 35.7 Å². The van der Waals surface area contributed by atoms with E-state index in [1.165, 1.54) is 4.90 Å². The molecule has 5 nitrogen and oxygen atoms in total. The number of nitrogens with one attached hydrogen (secondary N) is 2. The van der Waals surface area contributed by atoms with E-state index in [1.807, 2.05) is 24.3 Å². The molecule has 1 aromatic carbocycles. The van der Waals surface area contributed by atoms with E-state index in [2.05, 4.69) is 21.9 Å². The topological polar surface area (TPSA) is 56.7 Å². The summed E-state index contributed by atoms with van der Waals surface area (Å²) < 4.78 is 0. The van der Waals surface area contributed by atoms with Crippen LogP contribution in [0.1, 0.15) is 0 Å². The minimum Gasteiger partial charge on any atom is -0.356 e.